The molecule has 2 aromatic carbocycles. The van der Waals surface area contributed by atoms with Crippen molar-refractivity contribution in [1.82, 2.24) is 5.32 Å². The maximum Gasteiger partial charge on any atom is 0.326 e. The van der Waals surface area contributed by atoms with Crippen LogP contribution in [0.1, 0.15) is 17.3 Å². The number of hydrogen-bond acceptors (Lipinski definition) is 4. The summed E-state index contributed by atoms with van der Waals surface area (Å²) in [6.07, 6.45) is -1.03. The quantitative estimate of drug-likeness (QED) is 0.775. The molecule has 0 saturated heterocycles. The lowest BCUT2D eigenvalue weighted by Gasteiger charge is -2.14. The van der Waals surface area contributed by atoms with Crippen molar-refractivity contribution in [1.29, 1.82) is 0 Å². The van der Waals surface area contributed by atoms with Crippen molar-refractivity contribution in [3.05, 3.63) is 65.2 Å². The maximum atomic E-state index is 12.0. The number of benzene rings is 2. The third-order valence-electron chi connectivity index (χ3n) is 3.24. The molecule has 0 spiro atoms. The summed E-state index contributed by atoms with van der Waals surface area (Å²) >= 11 is 5.95. The zero-order valence-electron chi connectivity index (χ0n) is 13.5. The van der Waals surface area contributed by atoms with Gasteiger partial charge in [0.2, 0.25) is 0 Å². The van der Waals surface area contributed by atoms with Crippen LogP contribution in [0.2, 0.25) is 5.02 Å². The first-order chi connectivity index (χ1) is 12.0. The Morgan fingerprint density at radius 3 is 2.36 bits per heavy atom. The Morgan fingerprint density at radius 1 is 1.04 bits per heavy atom. The fourth-order valence-electron chi connectivity index (χ4n) is 1.93. The van der Waals surface area contributed by atoms with Crippen molar-refractivity contribution >= 4 is 35.1 Å². The number of halogens is 1. The Balaban J connectivity index is 1.80. The second-order valence-electron chi connectivity index (χ2n) is 5.15. The number of para-hydroxylation sites is 1. The van der Waals surface area contributed by atoms with E-state index in [1.165, 1.54) is 6.92 Å². The summed E-state index contributed by atoms with van der Waals surface area (Å²) < 4.78 is 5.00. The van der Waals surface area contributed by atoms with Gasteiger partial charge in [0.15, 0.2) is 6.10 Å². The van der Waals surface area contributed by atoms with Crippen molar-refractivity contribution in [2.75, 3.05) is 11.9 Å². The number of nitrogens with one attached hydrogen (secondary N) is 2. The number of amides is 2. The van der Waals surface area contributed by atoms with Crippen LogP contribution in [0.15, 0.2) is 54.6 Å². The fourth-order valence-corrected chi connectivity index (χ4v) is 2.12. The van der Waals surface area contributed by atoms with Gasteiger partial charge in [0.1, 0.15) is 6.54 Å². The SMILES string of the molecule is C[C@H](OC(=O)CNC(=O)c1ccccc1)C(=O)Nc1ccccc1Cl. The van der Waals surface area contributed by atoms with E-state index in [2.05, 4.69) is 10.6 Å². The molecule has 2 amide bonds. The highest BCUT2D eigenvalue weighted by Crippen LogP contribution is 2.20. The average Bonchev–Trinajstić information content (AvgIpc) is 2.62. The lowest BCUT2D eigenvalue weighted by atomic mass is 10.2. The van der Waals surface area contributed by atoms with Gasteiger partial charge in [-0.2, -0.15) is 0 Å². The van der Waals surface area contributed by atoms with Crippen LogP contribution in [0.5, 0.6) is 0 Å². The van der Waals surface area contributed by atoms with Crippen LogP contribution in [0, 0.1) is 0 Å². The molecule has 7 heteroatoms. The van der Waals surface area contributed by atoms with E-state index >= 15 is 0 Å². The summed E-state index contributed by atoms with van der Waals surface area (Å²) in [4.78, 5) is 35.6. The van der Waals surface area contributed by atoms with E-state index in [4.69, 9.17) is 16.3 Å². The van der Waals surface area contributed by atoms with Gasteiger partial charge >= 0.3 is 5.97 Å². The molecule has 0 aliphatic carbocycles. The molecule has 0 fully saturated rings. The summed E-state index contributed by atoms with van der Waals surface area (Å²) in [6.45, 7) is 1.10. The predicted molar refractivity (Wildman–Crippen MR) is 94.4 cm³/mol. The summed E-state index contributed by atoms with van der Waals surface area (Å²) in [6, 6.07) is 15.2. The van der Waals surface area contributed by atoms with E-state index in [0.29, 0.717) is 16.3 Å². The Morgan fingerprint density at radius 2 is 1.68 bits per heavy atom. The van der Waals surface area contributed by atoms with Crippen molar-refractivity contribution in [3.8, 4) is 0 Å². The van der Waals surface area contributed by atoms with Gasteiger partial charge in [-0.15, -0.1) is 0 Å². The van der Waals surface area contributed by atoms with Crippen LogP contribution in [-0.4, -0.2) is 30.4 Å². The zero-order chi connectivity index (χ0) is 18.2. The number of hydrogen-bond donors (Lipinski definition) is 2. The van der Waals surface area contributed by atoms with Crippen LogP contribution in [-0.2, 0) is 14.3 Å². The second-order valence-corrected chi connectivity index (χ2v) is 5.56. The topological polar surface area (TPSA) is 84.5 Å². The molecule has 0 aliphatic heterocycles. The van der Waals surface area contributed by atoms with Crippen LogP contribution in [0.25, 0.3) is 0 Å². The number of rotatable bonds is 6. The molecule has 2 N–H and O–H groups in total. The highest BCUT2D eigenvalue weighted by Gasteiger charge is 2.19. The fraction of sp³-hybridized carbons (Fsp3) is 0.167. The molecule has 2 aromatic rings. The molecule has 6 nitrogen and oxygen atoms in total. The first-order valence-electron chi connectivity index (χ1n) is 7.55. The van der Waals surface area contributed by atoms with Gasteiger partial charge in [0.25, 0.3) is 11.8 Å². The van der Waals surface area contributed by atoms with Crippen molar-refractivity contribution < 1.29 is 19.1 Å². The molecule has 0 bridgehead atoms. The van der Waals surface area contributed by atoms with Crippen LogP contribution >= 0.6 is 11.6 Å². The summed E-state index contributed by atoms with van der Waals surface area (Å²) in [5, 5.41) is 5.39. The van der Waals surface area contributed by atoms with Crippen LogP contribution in [0.4, 0.5) is 5.69 Å². The molecule has 1 atom stereocenters. The minimum absolute atomic E-state index is 0.336. The first-order valence-corrected chi connectivity index (χ1v) is 7.93. The van der Waals surface area contributed by atoms with E-state index < -0.39 is 23.9 Å². The van der Waals surface area contributed by atoms with E-state index in [0.717, 1.165) is 0 Å². The molecular formula is C18H17ClN2O4. The van der Waals surface area contributed by atoms with Crippen LogP contribution in [0.3, 0.4) is 0 Å². The smallest absolute Gasteiger partial charge is 0.326 e. The minimum atomic E-state index is -1.03. The molecule has 0 heterocycles. The summed E-state index contributed by atoms with van der Waals surface area (Å²) in [5.74, 6) is -1.63. The molecule has 0 radical (unpaired) electrons. The predicted octanol–water partition coefficient (Wildman–Crippen LogP) is 2.64. The highest BCUT2D eigenvalue weighted by molar-refractivity contribution is 6.33. The Bertz CT molecular complexity index is 765. The van der Waals surface area contributed by atoms with Gasteiger partial charge in [-0.05, 0) is 31.2 Å². The molecule has 0 saturated carbocycles. The van der Waals surface area contributed by atoms with E-state index in [-0.39, 0.29) is 6.54 Å². The molecule has 0 aromatic heterocycles. The first kappa shape index (κ1) is 18.5. The molecule has 2 rings (SSSR count). The van der Waals surface area contributed by atoms with Gasteiger partial charge in [0.05, 0.1) is 10.7 Å². The molecule has 0 unspecified atom stereocenters. The number of anilines is 1. The Labute approximate surface area is 150 Å². The van der Waals surface area contributed by atoms with Crippen molar-refractivity contribution in [2.45, 2.75) is 13.0 Å². The van der Waals surface area contributed by atoms with Gasteiger partial charge in [-0.3, -0.25) is 14.4 Å². The van der Waals surface area contributed by atoms with Crippen molar-refractivity contribution in [2.24, 2.45) is 0 Å². The minimum Gasteiger partial charge on any atom is -0.451 e. The third-order valence-corrected chi connectivity index (χ3v) is 3.57. The molecular weight excluding hydrogens is 344 g/mol. The Hall–Kier alpha value is -2.86. The van der Waals surface area contributed by atoms with Crippen molar-refractivity contribution in [3.63, 3.8) is 0 Å². The summed E-state index contributed by atoms with van der Waals surface area (Å²) in [7, 11) is 0. The third kappa shape index (κ3) is 5.61. The zero-order valence-corrected chi connectivity index (χ0v) is 14.2. The van der Waals surface area contributed by atoms with Crippen LogP contribution < -0.4 is 10.6 Å². The highest BCUT2D eigenvalue weighted by atomic mass is 35.5. The Kier molecular flexibility index (Phi) is 6.54. The summed E-state index contributed by atoms with van der Waals surface area (Å²) in [5.41, 5.74) is 0.856. The van der Waals surface area contributed by atoms with E-state index in [9.17, 15) is 14.4 Å². The lowest BCUT2D eigenvalue weighted by Crippen LogP contribution is -2.35. The van der Waals surface area contributed by atoms with E-state index in [1.807, 2.05) is 0 Å². The van der Waals surface area contributed by atoms with Gasteiger partial charge in [-0.1, -0.05) is 41.9 Å². The molecule has 130 valence electrons. The number of carbonyl (C=O) groups excluding carboxylic acids is 3. The van der Waals surface area contributed by atoms with Gasteiger partial charge < -0.3 is 15.4 Å². The largest absolute Gasteiger partial charge is 0.451 e. The number of carbonyl (C=O) groups is 3. The standard InChI is InChI=1S/C18H17ClN2O4/c1-12(17(23)21-15-10-6-5-9-14(15)19)25-16(22)11-20-18(24)13-7-3-2-4-8-13/h2-10,12H,11H2,1H3,(H,20,24)(H,21,23)/t12-/m0/s1. The van der Waals surface area contributed by atoms with Gasteiger partial charge in [0, 0.05) is 5.56 Å². The lowest BCUT2D eigenvalue weighted by molar-refractivity contribution is -0.152. The van der Waals surface area contributed by atoms with E-state index in [1.54, 1.807) is 54.6 Å². The number of ether oxygens (including phenoxy) is 1. The second kappa shape index (κ2) is 8.84. The molecule has 0 aliphatic rings. The average molecular weight is 361 g/mol. The van der Waals surface area contributed by atoms with Gasteiger partial charge in [-0.25, -0.2) is 0 Å². The monoisotopic (exact) mass is 360 g/mol. The number of esters is 1. The normalized spacial score (nSPS) is 11.3. The maximum absolute atomic E-state index is 12.0. The molecule has 25 heavy (non-hydrogen) atoms.